The number of hydrogen-bond acceptors (Lipinski definition) is 4. The number of fused-ring (bicyclic) bond motifs is 2. The van der Waals surface area contributed by atoms with Crippen LogP contribution in [-0.2, 0) is 20.5 Å². The Morgan fingerprint density at radius 3 is 2.50 bits per heavy atom. The highest BCUT2D eigenvalue weighted by Gasteiger charge is 2.71. The molecule has 0 aromatic heterocycles. The van der Waals surface area contributed by atoms with Gasteiger partial charge >= 0.3 is 12.1 Å². The number of anilines is 1. The monoisotopic (exact) mass is 398 g/mol. The summed E-state index contributed by atoms with van der Waals surface area (Å²) in [6, 6.07) is 2.68. The molecule has 2 fully saturated rings. The van der Waals surface area contributed by atoms with Crippen LogP contribution in [0, 0.1) is 18.4 Å². The Morgan fingerprint density at radius 1 is 1.32 bits per heavy atom. The summed E-state index contributed by atoms with van der Waals surface area (Å²) >= 11 is 0. The second-order valence-electron chi connectivity index (χ2n) is 7.44. The van der Waals surface area contributed by atoms with E-state index in [0.717, 1.165) is 12.1 Å². The van der Waals surface area contributed by atoms with Crippen LogP contribution in [0.1, 0.15) is 25.8 Å². The van der Waals surface area contributed by atoms with Crippen molar-refractivity contribution in [1.82, 2.24) is 0 Å². The number of hydrogen-bond donors (Lipinski definition) is 3. The Hall–Kier alpha value is -2.64. The summed E-state index contributed by atoms with van der Waals surface area (Å²) < 4.78 is 45.1. The van der Waals surface area contributed by atoms with E-state index in [-0.39, 0.29) is 12.1 Å². The number of aliphatic carboxylic acids is 1. The van der Waals surface area contributed by atoms with Crippen molar-refractivity contribution in [3.05, 3.63) is 35.2 Å². The maximum Gasteiger partial charge on any atom is 0.407 e. The standard InChI is InChI=1S/C18H17F3N2O5/c1-16-7-11(24)17(2,28-16)12(13(16)15(26)27)14(25)23-8-4-5-10(22-3)9(6-8)18(19,20)21/h4-6,11-13,24H,7H2,1-2H3,(H,23,25)(H,26,27)/t11-,12+,13-,16?,17?/m1/s1. The zero-order valence-corrected chi connectivity index (χ0v) is 14.9. The highest BCUT2D eigenvalue weighted by atomic mass is 19.4. The van der Waals surface area contributed by atoms with Gasteiger partial charge < -0.3 is 20.3 Å². The summed E-state index contributed by atoms with van der Waals surface area (Å²) in [4.78, 5) is 27.4. The van der Waals surface area contributed by atoms with Crippen LogP contribution in [0.2, 0.25) is 0 Å². The van der Waals surface area contributed by atoms with E-state index in [1.807, 2.05) is 0 Å². The van der Waals surface area contributed by atoms with Gasteiger partial charge in [-0.25, -0.2) is 4.85 Å². The Balaban J connectivity index is 1.95. The first-order valence-electron chi connectivity index (χ1n) is 8.34. The first kappa shape index (κ1) is 20.1. The summed E-state index contributed by atoms with van der Waals surface area (Å²) in [7, 11) is 0. The molecule has 7 nitrogen and oxygen atoms in total. The number of ether oxygens (including phenoxy) is 1. The van der Waals surface area contributed by atoms with Crippen molar-refractivity contribution in [3.63, 3.8) is 0 Å². The molecule has 2 saturated heterocycles. The van der Waals surface area contributed by atoms with Crippen LogP contribution < -0.4 is 5.32 Å². The van der Waals surface area contributed by atoms with E-state index in [9.17, 15) is 33.0 Å². The Morgan fingerprint density at radius 2 is 1.96 bits per heavy atom. The number of rotatable bonds is 3. The lowest BCUT2D eigenvalue weighted by molar-refractivity contribution is -0.151. The molecule has 2 aliphatic rings. The van der Waals surface area contributed by atoms with Gasteiger partial charge in [0.25, 0.3) is 0 Å². The van der Waals surface area contributed by atoms with Crippen LogP contribution in [0.5, 0.6) is 0 Å². The number of benzene rings is 1. The molecule has 1 aromatic carbocycles. The van der Waals surface area contributed by atoms with Crippen molar-refractivity contribution in [1.29, 1.82) is 0 Å². The fraction of sp³-hybridized carbons (Fsp3) is 0.500. The Kier molecular flexibility index (Phi) is 4.44. The van der Waals surface area contributed by atoms with Gasteiger partial charge in [0, 0.05) is 12.1 Å². The van der Waals surface area contributed by atoms with Crippen LogP contribution in [0.3, 0.4) is 0 Å². The number of halogens is 3. The molecule has 0 aliphatic carbocycles. The van der Waals surface area contributed by atoms with E-state index >= 15 is 0 Å². The third-order valence-electron chi connectivity index (χ3n) is 5.56. The zero-order chi connectivity index (χ0) is 21.1. The summed E-state index contributed by atoms with van der Waals surface area (Å²) in [5.74, 6) is -4.75. The van der Waals surface area contributed by atoms with E-state index in [0.29, 0.717) is 6.07 Å². The average molecular weight is 398 g/mol. The van der Waals surface area contributed by atoms with Crippen molar-refractivity contribution in [3.8, 4) is 0 Å². The summed E-state index contributed by atoms with van der Waals surface area (Å²) in [5.41, 5.74) is -4.82. The lowest BCUT2D eigenvalue weighted by Gasteiger charge is -2.36. The average Bonchev–Trinajstić information content (AvgIpc) is 2.95. The van der Waals surface area contributed by atoms with Gasteiger partial charge in [-0.15, -0.1) is 0 Å². The summed E-state index contributed by atoms with van der Waals surface area (Å²) in [5, 5.41) is 22.1. The van der Waals surface area contributed by atoms with Gasteiger partial charge in [-0.1, -0.05) is 6.07 Å². The number of aliphatic hydroxyl groups excluding tert-OH is 1. The minimum absolute atomic E-state index is 0.0299. The molecule has 0 spiro atoms. The van der Waals surface area contributed by atoms with Crippen LogP contribution >= 0.6 is 0 Å². The van der Waals surface area contributed by atoms with Crippen molar-refractivity contribution in [2.24, 2.45) is 11.8 Å². The minimum Gasteiger partial charge on any atom is -0.481 e. The molecule has 2 unspecified atom stereocenters. The third kappa shape index (κ3) is 2.91. The fourth-order valence-corrected chi connectivity index (χ4v) is 4.32. The normalized spacial score (nSPS) is 34.1. The molecule has 10 heteroatoms. The molecular formula is C18H17F3N2O5. The van der Waals surface area contributed by atoms with Crippen molar-refractivity contribution >= 4 is 23.3 Å². The van der Waals surface area contributed by atoms with Crippen LogP contribution in [-0.4, -0.2) is 39.4 Å². The fourth-order valence-electron chi connectivity index (χ4n) is 4.32. The number of nitrogens with zero attached hydrogens (tertiary/aromatic N) is 1. The molecule has 3 rings (SSSR count). The smallest absolute Gasteiger partial charge is 0.407 e. The molecule has 2 bridgehead atoms. The third-order valence-corrected chi connectivity index (χ3v) is 5.56. The maximum absolute atomic E-state index is 13.1. The van der Waals surface area contributed by atoms with Crippen molar-refractivity contribution in [2.75, 3.05) is 5.32 Å². The largest absolute Gasteiger partial charge is 0.481 e. The molecular weight excluding hydrogens is 381 g/mol. The number of alkyl halides is 3. The van der Waals surface area contributed by atoms with E-state index in [1.54, 1.807) is 0 Å². The number of aliphatic hydroxyl groups is 1. The first-order valence-corrected chi connectivity index (χ1v) is 8.34. The van der Waals surface area contributed by atoms with Gasteiger partial charge in [0.15, 0.2) is 5.69 Å². The van der Waals surface area contributed by atoms with Crippen molar-refractivity contribution in [2.45, 2.75) is 43.8 Å². The van der Waals surface area contributed by atoms with E-state index in [1.165, 1.54) is 13.8 Å². The number of carboxylic acids is 1. The molecule has 3 N–H and O–H groups in total. The highest BCUT2D eigenvalue weighted by molar-refractivity contribution is 5.97. The molecule has 5 atom stereocenters. The Labute approximate surface area is 157 Å². The lowest BCUT2D eigenvalue weighted by Crippen LogP contribution is -2.54. The number of amides is 1. The van der Waals surface area contributed by atoms with E-state index in [4.69, 9.17) is 11.3 Å². The van der Waals surface area contributed by atoms with Crippen LogP contribution in [0.15, 0.2) is 18.2 Å². The second-order valence-corrected chi connectivity index (χ2v) is 7.44. The number of carbonyl (C=O) groups is 2. The SMILES string of the molecule is [C-]#[N+]c1ccc(NC(=O)[C@@H]2[C@H](C(=O)O)C3(C)C[C@@H](O)C2(C)O3)cc1C(F)(F)F. The zero-order valence-electron chi connectivity index (χ0n) is 14.9. The quantitative estimate of drug-likeness (QED) is 0.680. The number of carbonyl (C=O) groups excluding carboxylic acids is 1. The lowest BCUT2D eigenvalue weighted by atomic mass is 9.66. The molecule has 2 heterocycles. The molecule has 1 amide bonds. The number of nitrogens with one attached hydrogen (secondary N) is 1. The van der Waals surface area contributed by atoms with Gasteiger partial charge in [0.1, 0.15) is 5.60 Å². The van der Waals surface area contributed by atoms with E-state index in [2.05, 4.69) is 10.2 Å². The molecule has 0 saturated carbocycles. The van der Waals surface area contributed by atoms with Crippen LogP contribution in [0.4, 0.5) is 24.5 Å². The van der Waals surface area contributed by atoms with Crippen molar-refractivity contribution < 1.29 is 37.7 Å². The van der Waals surface area contributed by atoms with Gasteiger partial charge in [-0.3, -0.25) is 9.59 Å². The van der Waals surface area contributed by atoms with Gasteiger partial charge in [-0.2, -0.15) is 13.2 Å². The van der Waals surface area contributed by atoms with Gasteiger partial charge in [-0.05, 0) is 26.0 Å². The molecule has 150 valence electrons. The topological polar surface area (TPSA) is 100 Å². The Bertz CT molecular complexity index is 896. The summed E-state index contributed by atoms with van der Waals surface area (Å²) in [6.07, 6.45) is -5.86. The van der Waals surface area contributed by atoms with E-state index < -0.39 is 58.4 Å². The highest BCUT2D eigenvalue weighted by Crippen LogP contribution is 2.57. The predicted octanol–water partition coefficient (Wildman–Crippen LogP) is 2.82. The maximum atomic E-state index is 13.1. The molecule has 28 heavy (non-hydrogen) atoms. The second kappa shape index (κ2) is 6.18. The van der Waals surface area contributed by atoms with Gasteiger partial charge in [0.05, 0.1) is 35.7 Å². The first-order chi connectivity index (χ1) is 12.8. The van der Waals surface area contributed by atoms with Gasteiger partial charge in [0.2, 0.25) is 5.91 Å². The number of carboxylic acid groups (broad SMARTS) is 1. The molecule has 0 radical (unpaired) electrons. The van der Waals surface area contributed by atoms with Crippen LogP contribution in [0.25, 0.3) is 4.85 Å². The summed E-state index contributed by atoms with van der Waals surface area (Å²) in [6.45, 7) is 9.74. The molecule has 2 aliphatic heterocycles. The molecule has 1 aromatic rings. The predicted molar refractivity (Wildman–Crippen MR) is 89.5 cm³/mol. The minimum atomic E-state index is -4.80.